The van der Waals surface area contributed by atoms with Crippen LogP contribution in [0.3, 0.4) is 0 Å². The molecule has 6 rings (SSSR count). The van der Waals surface area contributed by atoms with Crippen molar-refractivity contribution in [2.45, 2.75) is 26.0 Å². The number of benzene rings is 3. The van der Waals surface area contributed by atoms with Gasteiger partial charge in [0.2, 0.25) is 5.69 Å². The molecular formula is C28H24NO+. The average Bonchev–Trinajstić information content (AvgIpc) is 3.24. The molecule has 5 aromatic rings. The highest BCUT2D eigenvalue weighted by atomic mass is 16.3. The number of pyridine rings is 1. The van der Waals surface area contributed by atoms with Gasteiger partial charge in [-0.05, 0) is 66.5 Å². The van der Waals surface area contributed by atoms with Gasteiger partial charge in [0.05, 0.1) is 0 Å². The largest absolute Gasteiger partial charge is 0.455 e. The highest BCUT2D eigenvalue weighted by molar-refractivity contribution is 6.10. The summed E-state index contributed by atoms with van der Waals surface area (Å²) in [6, 6.07) is 20.9. The van der Waals surface area contributed by atoms with Gasteiger partial charge in [-0.2, -0.15) is 0 Å². The number of aromatic nitrogens is 1. The van der Waals surface area contributed by atoms with E-state index in [-0.39, 0.29) is 11.1 Å². The van der Waals surface area contributed by atoms with Crippen molar-refractivity contribution in [3.8, 4) is 22.4 Å². The van der Waals surface area contributed by atoms with Crippen molar-refractivity contribution >= 4 is 21.9 Å². The van der Waals surface area contributed by atoms with Crippen molar-refractivity contribution in [1.29, 1.82) is 0 Å². The summed E-state index contributed by atoms with van der Waals surface area (Å²) < 4.78 is 58.1. The Kier molecular flexibility index (Phi) is 2.70. The van der Waals surface area contributed by atoms with Crippen molar-refractivity contribution in [2.75, 3.05) is 0 Å². The Morgan fingerprint density at radius 2 is 1.77 bits per heavy atom. The van der Waals surface area contributed by atoms with E-state index in [0.29, 0.717) is 11.1 Å². The summed E-state index contributed by atoms with van der Waals surface area (Å²) in [5, 5.41) is 1.90. The molecule has 0 spiro atoms. The Labute approximate surface area is 184 Å². The smallest absolute Gasteiger partial charge is 0.212 e. The molecule has 146 valence electrons. The predicted molar refractivity (Wildman–Crippen MR) is 123 cm³/mol. The first-order valence-electron chi connectivity index (χ1n) is 13.0. The van der Waals surface area contributed by atoms with Crippen molar-refractivity contribution < 1.29 is 17.2 Å². The molecule has 0 fully saturated rings. The molecule has 0 aliphatic heterocycles. The van der Waals surface area contributed by atoms with Crippen LogP contribution in [-0.4, -0.2) is 0 Å². The minimum atomic E-state index is -2.69. The van der Waals surface area contributed by atoms with Crippen molar-refractivity contribution in [1.82, 2.24) is 0 Å². The molecule has 1 aliphatic carbocycles. The number of para-hydroxylation sites is 1. The van der Waals surface area contributed by atoms with Gasteiger partial charge in [0.25, 0.3) is 0 Å². The number of fused-ring (bicyclic) bond motifs is 4. The van der Waals surface area contributed by atoms with Crippen LogP contribution in [0.25, 0.3) is 44.3 Å². The van der Waals surface area contributed by atoms with Gasteiger partial charge in [0.15, 0.2) is 6.20 Å². The fourth-order valence-corrected chi connectivity index (χ4v) is 4.34. The zero-order valence-corrected chi connectivity index (χ0v) is 16.8. The Morgan fingerprint density at radius 3 is 2.67 bits per heavy atom. The van der Waals surface area contributed by atoms with Gasteiger partial charge >= 0.3 is 0 Å². The summed E-state index contributed by atoms with van der Waals surface area (Å²) in [7, 11) is 2.02. The van der Waals surface area contributed by atoms with Crippen LogP contribution in [0.4, 0.5) is 0 Å². The summed E-state index contributed by atoms with van der Waals surface area (Å²) in [4.78, 5) is 0. The fourth-order valence-electron chi connectivity index (χ4n) is 4.34. The SMILES string of the molecule is [2H]C1([2H])c2ccc(-c3cccc4c3oc3cc(C)c(-c5cccc[n+]5C)cc34)cc2C([2H])([2H])C1([2H])[2H]. The number of nitrogens with zero attached hydrogens (tertiary/aromatic N) is 1. The van der Waals surface area contributed by atoms with E-state index in [1.807, 2.05) is 49.6 Å². The van der Waals surface area contributed by atoms with Crippen LogP contribution in [0, 0.1) is 6.92 Å². The van der Waals surface area contributed by atoms with Crippen LogP contribution in [0.2, 0.25) is 0 Å². The molecule has 0 amide bonds. The minimum Gasteiger partial charge on any atom is -0.455 e. The maximum atomic E-state index is 8.41. The summed E-state index contributed by atoms with van der Waals surface area (Å²) in [6.45, 7) is 2.06. The molecule has 0 unspecified atom stereocenters. The van der Waals surface area contributed by atoms with E-state index in [1.165, 1.54) is 6.07 Å². The van der Waals surface area contributed by atoms with Gasteiger partial charge in [-0.3, -0.25) is 0 Å². The van der Waals surface area contributed by atoms with E-state index in [1.54, 1.807) is 12.1 Å². The molecule has 0 saturated carbocycles. The van der Waals surface area contributed by atoms with Crippen LogP contribution in [0.5, 0.6) is 0 Å². The van der Waals surface area contributed by atoms with E-state index in [9.17, 15) is 0 Å². The molecular weight excluding hydrogens is 366 g/mol. The summed E-state index contributed by atoms with van der Waals surface area (Å²) >= 11 is 0. The lowest BCUT2D eigenvalue weighted by Gasteiger charge is -2.06. The molecule has 0 radical (unpaired) electrons. The molecule has 2 heterocycles. The van der Waals surface area contributed by atoms with Crippen LogP contribution in [0.1, 0.15) is 31.3 Å². The summed E-state index contributed by atoms with van der Waals surface area (Å²) in [5.41, 5.74) is 6.18. The number of furan rings is 1. The lowest BCUT2D eigenvalue weighted by molar-refractivity contribution is -0.660. The maximum absolute atomic E-state index is 8.41. The van der Waals surface area contributed by atoms with Crippen LogP contribution < -0.4 is 4.57 Å². The quantitative estimate of drug-likeness (QED) is 0.310. The lowest BCUT2D eigenvalue weighted by Crippen LogP contribution is -2.30. The number of hydrogen-bond donors (Lipinski definition) is 0. The van der Waals surface area contributed by atoms with E-state index in [0.717, 1.165) is 38.7 Å². The minimum absolute atomic E-state index is 0.0397. The lowest BCUT2D eigenvalue weighted by atomic mass is 9.97. The molecule has 0 atom stereocenters. The van der Waals surface area contributed by atoms with Gasteiger partial charge in [0.1, 0.15) is 18.2 Å². The Hall–Kier alpha value is -3.39. The topological polar surface area (TPSA) is 17.0 Å². The van der Waals surface area contributed by atoms with Gasteiger partial charge in [0, 0.05) is 42.3 Å². The number of rotatable bonds is 2. The van der Waals surface area contributed by atoms with Crippen molar-refractivity contribution in [3.05, 3.63) is 89.6 Å². The average molecular weight is 397 g/mol. The summed E-state index contributed by atoms with van der Waals surface area (Å²) in [5.74, 6) is 0. The first-order chi connectivity index (χ1) is 16.9. The van der Waals surface area contributed by atoms with Crippen LogP contribution in [0.15, 0.2) is 77.3 Å². The van der Waals surface area contributed by atoms with E-state index < -0.39 is 19.1 Å². The second-order valence-electron chi connectivity index (χ2n) is 7.78. The normalized spacial score (nSPS) is 21.3. The third-order valence-electron chi connectivity index (χ3n) is 5.90. The first kappa shape index (κ1) is 12.3. The molecule has 1 aliphatic rings. The van der Waals surface area contributed by atoms with Crippen molar-refractivity contribution in [2.24, 2.45) is 7.05 Å². The monoisotopic (exact) mass is 396 g/mol. The van der Waals surface area contributed by atoms with E-state index in [2.05, 4.69) is 23.6 Å². The molecule has 0 bridgehead atoms. The van der Waals surface area contributed by atoms with E-state index in [4.69, 9.17) is 12.6 Å². The zero-order valence-electron chi connectivity index (χ0n) is 22.8. The molecule has 0 saturated heterocycles. The zero-order chi connectivity index (χ0) is 25.6. The van der Waals surface area contributed by atoms with Crippen LogP contribution in [-0.2, 0) is 19.8 Å². The molecule has 2 heteroatoms. The Balaban J connectivity index is 1.57. The predicted octanol–water partition coefficient (Wildman–Crippen LogP) is 6.54. The second kappa shape index (κ2) is 6.56. The van der Waals surface area contributed by atoms with Crippen LogP contribution >= 0.6 is 0 Å². The Bertz CT molecular complexity index is 1700. The molecule has 30 heavy (non-hydrogen) atoms. The van der Waals surface area contributed by atoms with Gasteiger partial charge in [-0.1, -0.05) is 36.4 Å². The fraction of sp³-hybridized carbons (Fsp3) is 0.179. The summed E-state index contributed by atoms with van der Waals surface area (Å²) in [6.07, 6.45) is -5.58. The van der Waals surface area contributed by atoms with E-state index >= 15 is 0 Å². The third-order valence-corrected chi connectivity index (χ3v) is 5.90. The second-order valence-corrected chi connectivity index (χ2v) is 7.78. The molecule has 3 aromatic carbocycles. The standard InChI is InChI=1S/C28H24NO/c1-18-15-27-25(17-24(18)26-11-3-4-14-29(26)2)23-10-6-9-22(28(23)30-27)21-13-12-19-7-5-8-20(19)16-21/h3-4,6,9-17H,5,7-8H2,1-2H3/q+1/i5D2,7D2,8D2. The highest BCUT2D eigenvalue weighted by Crippen LogP contribution is 2.39. The van der Waals surface area contributed by atoms with Crippen molar-refractivity contribution in [3.63, 3.8) is 0 Å². The van der Waals surface area contributed by atoms with Gasteiger partial charge < -0.3 is 4.42 Å². The maximum Gasteiger partial charge on any atom is 0.212 e. The number of aryl methyl sites for hydroxylation is 4. The molecule has 2 nitrogen and oxygen atoms in total. The van der Waals surface area contributed by atoms with Gasteiger partial charge in [-0.15, -0.1) is 0 Å². The number of hydrogen-bond acceptors (Lipinski definition) is 1. The first-order valence-corrected chi connectivity index (χ1v) is 10.0. The third kappa shape index (κ3) is 2.60. The molecule has 2 aromatic heterocycles. The molecule has 0 N–H and O–H groups in total. The van der Waals surface area contributed by atoms with Gasteiger partial charge in [-0.25, -0.2) is 4.57 Å². The Morgan fingerprint density at radius 1 is 0.867 bits per heavy atom. The highest BCUT2D eigenvalue weighted by Gasteiger charge is 2.18.